The largest absolute Gasteiger partial charge is 0.491 e. The number of rotatable bonds is 6. The molecule has 0 saturated heterocycles. The van der Waals surface area contributed by atoms with E-state index in [0.717, 1.165) is 29.4 Å². The van der Waals surface area contributed by atoms with Gasteiger partial charge in [0.15, 0.2) is 0 Å². The molecule has 0 amide bonds. The number of halogens is 1. The third-order valence-corrected chi connectivity index (χ3v) is 3.75. The Hall–Kier alpha value is -1.67. The van der Waals surface area contributed by atoms with Crippen LogP contribution >= 0.6 is 11.6 Å². The van der Waals surface area contributed by atoms with Crippen molar-refractivity contribution in [1.82, 2.24) is 0 Å². The molecule has 0 aliphatic carbocycles. The number of anilines is 1. The van der Waals surface area contributed by atoms with Crippen LogP contribution < -0.4 is 9.64 Å². The number of nitrogens with zero attached hydrogens (tertiary/aromatic N) is 1. The van der Waals surface area contributed by atoms with Gasteiger partial charge in [0.25, 0.3) is 0 Å². The second-order valence-corrected chi connectivity index (χ2v) is 5.03. The fourth-order valence-corrected chi connectivity index (χ4v) is 2.28. The van der Waals surface area contributed by atoms with Gasteiger partial charge in [-0.25, -0.2) is 0 Å². The van der Waals surface area contributed by atoms with Gasteiger partial charge in [0, 0.05) is 22.8 Å². The van der Waals surface area contributed by atoms with Crippen LogP contribution in [0.15, 0.2) is 48.5 Å². The lowest BCUT2D eigenvalue weighted by Gasteiger charge is -2.23. The molecule has 2 rings (SSSR count). The maximum atomic E-state index is 6.09. The van der Waals surface area contributed by atoms with Crippen molar-refractivity contribution in [1.29, 1.82) is 0 Å². The molecule has 2 aromatic carbocycles. The van der Waals surface area contributed by atoms with Crippen molar-refractivity contribution in [2.45, 2.75) is 13.8 Å². The predicted octanol–water partition coefficient (Wildman–Crippen LogP) is 4.55. The highest BCUT2D eigenvalue weighted by Crippen LogP contribution is 2.25. The molecule has 0 unspecified atom stereocenters. The van der Waals surface area contributed by atoms with E-state index in [1.807, 2.05) is 31.2 Å². The summed E-state index contributed by atoms with van der Waals surface area (Å²) in [7, 11) is 0. The smallest absolute Gasteiger partial charge is 0.123 e. The van der Waals surface area contributed by atoms with Gasteiger partial charge in [0.1, 0.15) is 12.4 Å². The molecule has 0 fully saturated rings. The van der Waals surface area contributed by atoms with E-state index in [0.29, 0.717) is 6.61 Å². The third kappa shape index (κ3) is 3.67. The van der Waals surface area contributed by atoms with Crippen molar-refractivity contribution in [2.24, 2.45) is 0 Å². The van der Waals surface area contributed by atoms with Crippen LogP contribution in [0.1, 0.15) is 12.5 Å². The highest BCUT2D eigenvalue weighted by Gasteiger charge is 2.06. The van der Waals surface area contributed by atoms with Crippen LogP contribution in [0.4, 0.5) is 5.69 Å². The first-order valence-electron chi connectivity index (χ1n) is 6.90. The Kier molecular flexibility index (Phi) is 5.31. The van der Waals surface area contributed by atoms with E-state index in [1.165, 1.54) is 5.69 Å². The average Bonchev–Trinajstić information content (AvgIpc) is 2.49. The molecule has 0 N–H and O–H groups in total. The van der Waals surface area contributed by atoms with E-state index < -0.39 is 0 Å². The predicted molar refractivity (Wildman–Crippen MR) is 86.0 cm³/mol. The van der Waals surface area contributed by atoms with Crippen LogP contribution in [-0.4, -0.2) is 19.7 Å². The summed E-state index contributed by atoms with van der Waals surface area (Å²) in [6, 6.07) is 16.1. The molecule has 0 spiro atoms. The minimum Gasteiger partial charge on any atom is -0.491 e. The summed E-state index contributed by atoms with van der Waals surface area (Å²) in [6.07, 6.45) is 0. The lowest BCUT2D eigenvalue weighted by atomic mass is 10.2. The maximum Gasteiger partial charge on any atom is 0.123 e. The molecule has 2 aromatic rings. The summed E-state index contributed by atoms with van der Waals surface area (Å²) in [4.78, 5) is 2.29. The molecule has 0 radical (unpaired) electrons. The van der Waals surface area contributed by atoms with E-state index in [9.17, 15) is 0 Å². The second-order valence-electron chi connectivity index (χ2n) is 4.63. The maximum absolute atomic E-state index is 6.09. The lowest BCUT2D eigenvalue weighted by molar-refractivity contribution is 0.322. The Morgan fingerprint density at radius 2 is 1.80 bits per heavy atom. The highest BCUT2D eigenvalue weighted by atomic mass is 35.5. The molecule has 3 heteroatoms. The molecule has 0 aliphatic heterocycles. The van der Waals surface area contributed by atoms with Gasteiger partial charge in [-0.1, -0.05) is 35.9 Å². The molecule has 0 saturated carbocycles. The minimum atomic E-state index is 0.643. The van der Waals surface area contributed by atoms with E-state index in [4.69, 9.17) is 16.3 Å². The minimum absolute atomic E-state index is 0.643. The summed E-state index contributed by atoms with van der Waals surface area (Å²) in [5, 5.41) is 0.748. The first kappa shape index (κ1) is 14.7. The van der Waals surface area contributed by atoms with Crippen molar-refractivity contribution in [3.63, 3.8) is 0 Å². The Morgan fingerprint density at radius 1 is 1.05 bits per heavy atom. The van der Waals surface area contributed by atoms with Gasteiger partial charge in [0.2, 0.25) is 0 Å². The van der Waals surface area contributed by atoms with E-state index in [1.54, 1.807) is 0 Å². The molecule has 0 aromatic heterocycles. The zero-order chi connectivity index (χ0) is 14.4. The van der Waals surface area contributed by atoms with Crippen LogP contribution in [0.3, 0.4) is 0 Å². The topological polar surface area (TPSA) is 12.5 Å². The normalized spacial score (nSPS) is 10.3. The molecular formula is C17H20ClNO. The summed E-state index contributed by atoms with van der Waals surface area (Å²) >= 11 is 6.09. The first-order chi connectivity index (χ1) is 9.72. The molecule has 0 bridgehead atoms. The van der Waals surface area contributed by atoms with Crippen molar-refractivity contribution < 1.29 is 4.74 Å². The fourth-order valence-electron chi connectivity index (χ4n) is 2.12. The monoisotopic (exact) mass is 289 g/mol. The Balaban J connectivity index is 1.93. The number of hydrogen-bond acceptors (Lipinski definition) is 2. The quantitative estimate of drug-likeness (QED) is 0.773. The average molecular weight is 290 g/mol. The van der Waals surface area contributed by atoms with Crippen LogP contribution in [0, 0.1) is 6.92 Å². The zero-order valence-corrected chi connectivity index (χ0v) is 12.7. The van der Waals surface area contributed by atoms with Gasteiger partial charge in [-0.05, 0) is 38.1 Å². The zero-order valence-electron chi connectivity index (χ0n) is 12.0. The Bertz CT molecular complexity index is 542. The standard InChI is InChI=1S/C17H20ClNO/c1-3-19(15-8-5-4-6-9-15)12-13-20-17-11-7-10-16(18)14(17)2/h4-11H,3,12-13H2,1-2H3. The molecule has 0 aliphatic rings. The molecular weight excluding hydrogens is 270 g/mol. The molecule has 20 heavy (non-hydrogen) atoms. The van der Waals surface area contributed by atoms with Crippen molar-refractivity contribution >= 4 is 17.3 Å². The van der Waals surface area contributed by atoms with E-state index in [2.05, 4.69) is 36.1 Å². The van der Waals surface area contributed by atoms with Gasteiger partial charge >= 0.3 is 0 Å². The van der Waals surface area contributed by atoms with Crippen molar-refractivity contribution in [2.75, 3.05) is 24.6 Å². The van der Waals surface area contributed by atoms with Crippen LogP contribution in [0.5, 0.6) is 5.75 Å². The Labute approximate surface area is 125 Å². The number of ether oxygens (including phenoxy) is 1. The van der Waals surface area contributed by atoms with Gasteiger partial charge < -0.3 is 9.64 Å². The Morgan fingerprint density at radius 3 is 2.50 bits per heavy atom. The summed E-state index contributed by atoms with van der Waals surface area (Å²) in [5.41, 5.74) is 2.22. The molecule has 0 heterocycles. The highest BCUT2D eigenvalue weighted by molar-refractivity contribution is 6.31. The summed E-state index contributed by atoms with van der Waals surface area (Å²) in [5.74, 6) is 0.863. The van der Waals surface area contributed by atoms with Crippen LogP contribution in [-0.2, 0) is 0 Å². The van der Waals surface area contributed by atoms with Crippen molar-refractivity contribution in [3.05, 3.63) is 59.1 Å². The summed E-state index contributed by atoms with van der Waals surface area (Å²) < 4.78 is 5.85. The van der Waals surface area contributed by atoms with Gasteiger partial charge in [0.05, 0.1) is 6.54 Å². The van der Waals surface area contributed by atoms with Gasteiger partial charge in [-0.15, -0.1) is 0 Å². The second kappa shape index (κ2) is 7.20. The van der Waals surface area contributed by atoms with Gasteiger partial charge in [-0.2, -0.15) is 0 Å². The SMILES string of the molecule is CCN(CCOc1cccc(Cl)c1C)c1ccccc1. The number of hydrogen-bond donors (Lipinski definition) is 0. The first-order valence-corrected chi connectivity index (χ1v) is 7.28. The van der Waals surface area contributed by atoms with Crippen molar-refractivity contribution in [3.8, 4) is 5.75 Å². The van der Waals surface area contributed by atoms with Crippen LogP contribution in [0.25, 0.3) is 0 Å². The summed E-state index contributed by atoms with van der Waals surface area (Å²) in [6.45, 7) is 6.59. The third-order valence-electron chi connectivity index (χ3n) is 3.34. The van der Waals surface area contributed by atoms with Crippen LogP contribution in [0.2, 0.25) is 5.02 Å². The van der Waals surface area contributed by atoms with E-state index >= 15 is 0 Å². The molecule has 2 nitrogen and oxygen atoms in total. The van der Waals surface area contributed by atoms with Gasteiger partial charge in [-0.3, -0.25) is 0 Å². The lowest BCUT2D eigenvalue weighted by Crippen LogP contribution is -2.28. The number of benzene rings is 2. The molecule has 0 atom stereocenters. The fraction of sp³-hybridized carbons (Fsp3) is 0.294. The number of likely N-dealkylation sites (N-methyl/N-ethyl adjacent to an activating group) is 1. The van der Waals surface area contributed by atoms with E-state index in [-0.39, 0.29) is 0 Å². The molecule has 106 valence electrons. The number of para-hydroxylation sites is 1.